The van der Waals surface area contributed by atoms with Crippen molar-refractivity contribution in [2.45, 2.75) is 80.6 Å². The van der Waals surface area contributed by atoms with Crippen LogP contribution >= 0.6 is 0 Å². The molecule has 0 N–H and O–H groups in total. The average molecular weight is 742 g/mol. The molecule has 222 valence electrons. The van der Waals surface area contributed by atoms with Crippen LogP contribution in [0.5, 0.6) is 0 Å². The molecule has 0 atom stereocenters. The van der Waals surface area contributed by atoms with Gasteiger partial charge in [-0.3, -0.25) is 4.79 Å². The predicted molar refractivity (Wildman–Crippen MR) is 170 cm³/mol. The molecule has 2 aliphatic heterocycles. The molecule has 0 spiro atoms. The van der Waals surface area contributed by atoms with Crippen LogP contribution in [0, 0.1) is 21.3 Å². The molecule has 5 heterocycles. The Morgan fingerprint density at radius 1 is 0.690 bits per heavy atom. The number of fused-ring (bicyclic) bond motifs is 8. The molecule has 3 aromatic heterocycles. The summed E-state index contributed by atoms with van der Waals surface area (Å²) in [4.78, 5) is 31.3. The van der Waals surface area contributed by atoms with Crippen LogP contribution in [0.4, 0.5) is 0 Å². The van der Waals surface area contributed by atoms with Gasteiger partial charge in [-0.2, -0.15) is 0 Å². The molecule has 0 saturated carbocycles. The van der Waals surface area contributed by atoms with Crippen LogP contribution < -0.4 is 9.97 Å². The van der Waals surface area contributed by atoms with Gasteiger partial charge in [0.05, 0.1) is 29.4 Å². The Labute approximate surface area is 263 Å². The van der Waals surface area contributed by atoms with E-state index in [1.54, 1.807) is 0 Å². The number of carbonyl (C=O) groups excluding carboxylic acids is 1. The monoisotopic (exact) mass is 742 g/mol. The number of hydrogen-bond acceptors (Lipinski definition) is 4. The van der Waals surface area contributed by atoms with Gasteiger partial charge < -0.3 is 22.1 Å². The molecular weight excluding hydrogens is 701 g/mol. The largest absolute Gasteiger partial charge is 3.00 e. The van der Waals surface area contributed by atoms with Crippen molar-refractivity contribution in [3.05, 3.63) is 76.7 Å². The van der Waals surface area contributed by atoms with Crippen LogP contribution in [0.2, 0.25) is 0 Å². The van der Waals surface area contributed by atoms with E-state index in [4.69, 9.17) is 24.7 Å². The van der Waals surface area contributed by atoms with E-state index in [1.807, 2.05) is 0 Å². The van der Waals surface area contributed by atoms with E-state index in [0.717, 1.165) is 81.7 Å². The van der Waals surface area contributed by atoms with Crippen molar-refractivity contribution in [3.63, 3.8) is 0 Å². The minimum absolute atomic E-state index is 0. The van der Waals surface area contributed by atoms with Crippen molar-refractivity contribution in [1.82, 2.24) is 19.9 Å². The minimum atomic E-state index is 0. The molecule has 0 unspecified atom stereocenters. The molecule has 7 heteroatoms. The first-order valence-corrected chi connectivity index (χ1v) is 14.4. The molecule has 0 fully saturated rings. The fourth-order valence-electron chi connectivity index (χ4n) is 6.05. The molecule has 3 aromatic rings. The maximum Gasteiger partial charge on any atom is 3.00 e. The number of ether oxygens (including phenoxy) is 1. The summed E-state index contributed by atoms with van der Waals surface area (Å²) in [7, 11) is 0. The van der Waals surface area contributed by atoms with Gasteiger partial charge in [-0.15, -0.1) is 22.1 Å². The molecule has 8 bridgehead atoms. The second-order valence-corrected chi connectivity index (χ2v) is 10.7. The van der Waals surface area contributed by atoms with Gasteiger partial charge in [0, 0.05) is 6.42 Å². The molecule has 6 nitrogen and oxygen atoms in total. The fraction of sp³-hybridized carbons (Fsp3) is 0.371. The Bertz CT molecular complexity index is 1720. The quantitative estimate of drug-likeness (QED) is 0.132. The van der Waals surface area contributed by atoms with Gasteiger partial charge in [-0.05, 0) is 69.2 Å². The van der Waals surface area contributed by atoms with Gasteiger partial charge in [0.2, 0.25) is 0 Å². The summed E-state index contributed by atoms with van der Waals surface area (Å²) in [6.45, 7) is 15.9. The Hall–Kier alpha value is -3.28. The van der Waals surface area contributed by atoms with E-state index >= 15 is 0 Å². The molecule has 0 aliphatic carbocycles. The van der Waals surface area contributed by atoms with Gasteiger partial charge in [-0.25, -0.2) is 9.97 Å². The van der Waals surface area contributed by atoms with Crippen LogP contribution in [0.15, 0.2) is 24.3 Å². The summed E-state index contributed by atoms with van der Waals surface area (Å²) in [5, 5.41) is 0. The summed E-state index contributed by atoms with van der Waals surface area (Å²) in [5.74, 6) is 0. The number of aryl methyl sites for hydroxylation is 4. The summed E-state index contributed by atoms with van der Waals surface area (Å²) in [5.41, 5.74) is 17.0. The van der Waals surface area contributed by atoms with Gasteiger partial charge >= 0.3 is 20.1 Å². The molecule has 2 aliphatic rings. The zero-order chi connectivity index (χ0) is 28.6. The topological polar surface area (TPSA) is 80.3 Å². The third kappa shape index (κ3) is 5.95. The van der Waals surface area contributed by atoms with Gasteiger partial charge in [0.25, 0.3) is 6.47 Å². The number of allylic oxidation sites excluding steroid dienone is 3. The van der Waals surface area contributed by atoms with Crippen LogP contribution in [0.25, 0.3) is 44.4 Å². The first kappa shape index (κ1) is 33.2. The fourth-order valence-corrected chi connectivity index (χ4v) is 6.05. The maximum absolute atomic E-state index is 10.9. The van der Waals surface area contributed by atoms with Gasteiger partial charge in [0.15, 0.2) is 0 Å². The standard InChI is InChI=1S/C34H38N4O2.CH3.Ir/c1-8-11-25-21(6)30-16-32-24(10-3)20(5)29(36-32)15-31-23(9-2)19(4)27(35-31)14-28-22(7)26(12-13-40-18-39)34(37-28)17-33(25)38-30;;/h14-18H,8-13H2,1-7H3;1H3;/q-2;-1;+3. The van der Waals surface area contributed by atoms with Gasteiger partial charge in [-0.1, -0.05) is 73.7 Å². The molecule has 0 saturated heterocycles. The number of aromatic nitrogens is 4. The average Bonchev–Trinajstić information content (AvgIpc) is 3.59. The van der Waals surface area contributed by atoms with Crippen molar-refractivity contribution in [2.24, 2.45) is 0 Å². The third-order valence-corrected chi connectivity index (χ3v) is 8.39. The zero-order valence-corrected chi connectivity index (χ0v) is 28.5. The SMILES string of the molecule is CCCc1c(C)c2cc3nc(cc4[n-]c(cc5nc(cc1[n-]2)C(CCOC=O)=C5C)c(C)c4CC)C(C)=C3CC.[CH3-].[Ir+3]. The summed E-state index contributed by atoms with van der Waals surface area (Å²) >= 11 is 0. The van der Waals surface area contributed by atoms with Crippen LogP contribution in [0.1, 0.15) is 98.9 Å². The van der Waals surface area contributed by atoms with Crippen molar-refractivity contribution in [2.75, 3.05) is 6.61 Å². The zero-order valence-electron chi connectivity index (χ0n) is 26.1. The first-order chi connectivity index (χ1) is 19.3. The number of hydrogen-bond donors (Lipinski definition) is 0. The summed E-state index contributed by atoms with van der Waals surface area (Å²) in [6, 6.07) is 8.50. The Balaban J connectivity index is 0.00000242. The number of carbonyl (C=O) groups is 1. The van der Waals surface area contributed by atoms with E-state index in [1.165, 1.54) is 33.4 Å². The smallest absolute Gasteiger partial charge is 0.657 e. The van der Waals surface area contributed by atoms with E-state index in [0.29, 0.717) is 19.5 Å². The van der Waals surface area contributed by atoms with E-state index < -0.39 is 0 Å². The van der Waals surface area contributed by atoms with Gasteiger partial charge in [0.1, 0.15) is 0 Å². The normalized spacial score (nSPS) is 12.7. The number of rotatable bonds is 8. The maximum atomic E-state index is 10.9. The third-order valence-electron chi connectivity index (χ3n) is 8.39. The van der Waals surface area contributed by atoms with Crippen LogP contribution in [-0.4, -0.2) is 23.0 Å². The van der Waals surface area contributed by atoms with Crippen molar-refractivity contribution in [1.29, 1.82) is 0 Å². The predicted octanol–water partition coefficient (Wildman–Crippen LogP) is 7.99. The molecule has 5 rings (SSSR count). The Kier molecular flexibility index (Phi) is 10.9. The second-order valence-electron chi connectivity index (χ2n) is 10.7. The van der Waals surface area contributed by atoms with Crippen molar-refractivity contribution in [3.8, 4) is 0 Å². The first-order valence-electron chi connectivity index (χ1n) is 14.4. The van der Waals surface area contributed by atoms with Crippen LogP contribution in [-0.2, 0) is 42.5 Å². The summed E-state index contributed by atoms with van der Waals surface area (Å²) in [6.07, 6.45) is 4.34. The molecule has 0 amide bonds. The van der Waals surface area contributed by atoms with Crippen molar-refractivity contribution < 1.29 is 29.6 Å². The molecular formula is C35H41IrN4O2. The Morgan fingerprint density at radius 2 is 1.19 bits per heavy atom. The molecule has 0 radical (unpaired) electrons. The van der Waals surface area contributed by atoms with E-state index in [2.05, 4.69) is 72.7 Å². The van der Waals surface area contributed by atoms with E-state index in [9.17, 15) is 4.79 Å². The van der Waals surface area contributed by atoms with Crippen LogP contribution in [0.3, 0.4) is 0 Å². The minimum Gasteiger partial charge on any atom is -0.657 e. The second kappa shape index (κ2) is 13.8. The molecule has 0 aromatic carbocycles. The number of nitrogens with zero attached hydrogens (tertiary/aromatic N) is 4. The van der Waals surface area contributed by atoms with E-state index in [-0.39, 0.29) is 27.5 Å². The summed E-state index contributed by atoms with van der Waals surface area (Å²) < 4.78 is 5.09. The van der Waals surface area contributed by atoms with Crippen molar-refractivity contribution >= 4 is 50.8 Å². The molecule has 42 heavy (non-hydrogen) atoms. The Morgan fingerprint density at radius 3 is 1.76 bits per heavy atom.